The molecule has 2 amide bonds. The first kappa shape index (κ1) is 20.5. The van der Waals surface area contributed by atoms with Gasteiger partial charge in [-0.3, -0.25) is 9.59 Å². The van der Waals surface area contributed by atoms with Crippen molar-refractivity contribution in [1.82, 2.24) is 0 Å². The van der Waals surface area contributed by atoms with Gasteiger partial charge in [0.2, 0.25) is 11.8 Å². The summed E-state index contributed by atoms with van der Waals surface area (Å²) in [5.41, 5.74) is 1.08. The van der Waals surface area contributed by atoms with Crippen LogP contribution in [0.4, 0.5) is 11.4 Å². The van der Waals surface area contributed by atoms with E-state index in [1.54, 1.807) is 36.4 Å². The number of carbonyl (C=O) groups excluding carboxylic acids is 2. The topological polar surface area (TPSA) is 58.2 Å². The molecule has 2 aromatic rings. The number of amides is 2. The first-order valence-corrected chi connectivity index (χ1v) is 10.5. The maximum Gasteiger partial charge on any atom is 0.228 e. The van der Waals surface area contributed by atoms with Gasteiger partial charge < -0.3 is 10.6 Å². The van der Waals surface area contributed by atoms with E-state index in [2.05, 4.69) is 10.6 Å². The highest BCUT2D eigenvalue weighted by atomic mass is 35.5. The molecule has 29 heavy (non-hydrogen) atoms. The van der Waals surface area contributed by atoms with Crippen LogP contribution in [0.3, 0.4) is 0 Å². The number of allylic oxidation sites excluding steroid dienone is 2. The van der Waals surface area contributed by atoms with Crippen LogP contribution in [-0.2, 0) is 9.59 Å². The smallest absolute Gasteiger partial charge is 0.228 e. The quantitative estimate of drug-likeness (QED) is 0.515. The van der Waals surface area contributed by atoms with Crippen molar-refractivity contribution in [3.63, 3.8) is 0 Å². The van der Waals surface area contributed by atoms with Crippen molar-refractivity contribution in [2.45, 2.75) is 6.42 Å². The number of nitrogens with one attached hydrogen (secondary N) is 2. The Hall–Kier alpha value is -1.72. The van der Waals surface area contributed by atoms with Crippen LogP contribution in [0.25, 0.3) is 0 Å². The van der Waals surface area contributed by atoms with Gasteiger partial charge in [0.25, 0.3) is 0 Å². The van der Waals surface area contributed by atoms with Crippen LogP contribution in [-0.4, -0.2) is 11.8 Å². The average Bonchev–Trinajstić information content (AvgIpc) is 3.29. The second-order valence-electron chi connectivity index (χ2n) is 7.24. The van der Waals surface area contributed by atoms with E-state index in [-0.39, 0.29) is 23.7 Å². The number of carbonyl (C=O) groups is 2. The van der Waals surface area contributed by atoms with Gasteiger partial charge in [0, 0.05) is 11.4 Å². The van der Waals surface area contributed by atoms with Crippen LogP contribution >= 0.6 is 46.4 Å². The van der Waals surface area contributed by atoms with E-state index in [9.17, 15) is 9.59 Å². The second kappa shape index (κ2) is 8.19. The summed E-state index contributed by atoms with van der Waals surface area (Å²) in [6, 6.07) is 9.79. The molecule has 2 aliphatic carbocycles. The van der Waals surface area contributed by atoms with Crippen molar-refractivity contribution in [2.75, 3.05) is 10.6 Å². The van der Waals surface area contributed by atoms with Crippen LogP contribution in [0.1, 0.15) is 6.42 Å². The molecule has 2 aliphatic rings. The normalized spacial score (nSPS) is 24.6. The Balaban J connectivity index is 1.53. The number of anilines is 2. The fourth-order valence-electron chi connectivity index (χ4n) is 4.14. The summed E-state index contributed by atoms with van der Waals surface area (Å²) in [7, 11) is 0. The molecule has 2 bridgehead atoms. The summed E-state index contributed by atoms with van der Waals surface area (Å²) in [6.45, 7) is 0. The van der Waals surface area contributed by atoms with Crippen molar-refractivity contribution in [2.24, 2.45) is 23.7 Å². The van der Waals surface area contributed by atoms with Crippen LogP contribution in [0.15, 0.2) is 48.6 Å². The molecule has 0 aliphatic heterocycles. The molecule has 0 unspecified atom stereocenters. The third kappa shape index (κ3) is 4.13. The number of benzene rings is 2. The molecule has 0 heterocycles. The highest BCUT2D eigenvalue weighted by molar-refractivity contribution is 6.42. The van der Waals surface area contributed by atoms with Crippen LogP contribution in [0.2, 0.25) is 20.1 Å². The van der Waals surface area contributed by atoms with Gasteiger partial charge in [-0.2, -0.15) is 0 Å². The molecule has 2 aromatic carbocycles. The summed E-state index contributed by atoms with van der Waals surface area (Å²) < 4.78 is 0. The zero-order valence-electron chi connectivity index (χ0n) is 15.0. The average molecular weight is 470 g/mol. The monoisotopic (exact) mass is 468 g/mol. The molecule has 0 saturated heterocycles. The Morgan fingerprint density at radius 1 is 0.690 bits per heavy atom. The van der Waals surface area contributed by atoms with Gasteiger partial charge >= 0.3 is 0 Å². The maximum atomic E-state index is 13.0. The van der Waals surface area contributed by atoms with Crippen LogP contribution in [0, 0.1) is 23.7 Å². The van der Waals surface area contributed by atoms with Gasteiger partial charge in [-0.25, -0.2) is 0 Å². The van der Waals surface area contributed by atoms with E-state index in [1.807, 2.05) is 12.2 Å². The van der Waals surface area contributed by atoms with E-state index in [4.69, 9.17) is 46.4 Å². The predicted octanol–water partition coefficient (Wildman–Crippen LogP) is 6.32. The Morgan fingerprint density at radius 2 is 1.10 bits per heavy atom. The highest BCUT2D eigenvalue weighted by Gasteiger charge is 2.51. The van der Waals surface area contributed by atoms with Gasteiger partial charge in [0.1, 0.15) is 0 Å². The zero-order chi connectivity index (χ0) is 20.7. The minimum absolute atomic E-state index is 0.0207. The molecule has 8 heteroatoms. The molecule has 0 radical (unpaired) electrons. The molecule has 0 aromatic heterocycles. The standard InChI is InChI=1S/C21H16Cl4N2O2/c22-14-5-3-12(8-16(14)24)26-20(28)18-10-1-2-11(7-10)19(18)21(29)27-13-4-6-15(23)17(25)9-13/h1-6,8-11,18-19H,7H2,(H,26,28)(H,27,29)/t10-,11-,18+,19+/m0/s1. The Morgan fingerprint density at radius 3 is 1.48 bits per heavy atom. The van der Waals surface area contributed by atoms with E-state index in [1.165, 1.54) is 0 Å². The summed E-state index contributed by atoms with van der Waals surface area (Å²) in [6.07, 6.45) is 4.82. The molecule has 1 fully saturated rings. The van der Waals surface area contributed by atoms with Gasteiger partial charge in [0.15, 0.2) is 0 Å². The minimum atomic E-state index is -0.470. The molecular formula is C21H16Cl4N2O2. The molecular weight excluding hydrogens is 454 g/mol. The summed E-state index contributed by atoms with van der Waals surface area (Å²) in [5, 5.41) is 7.26. The number of hydrogen-bond acceptors (Lipinski definition) is 2. The Kier molecular flexibility index (Phi) is 5.80. The molecule has 1 saturated carbocycles. The van der Waals surface area contributed by atoms with Crippen molar-refractivity contribution in [1.29, 1.82) is 0 Å². The van der Waals surface area contributed by atoms with Crippen LogP contribution < -0.4 is 10.6 Å². The van der Waals surface area contributed by atoms with E-state index in [0.29, 0.717) is 31.5 Å². The third-order valence-corrected chi connectivity index (χ3v) is 6.92. The number of halogens is 4. The van der Waals surface area contributed by atoms with Crippen molar-refractivity contribution >= 4 is 69.6 Å². The molecule has 150 valence electrons. The lowest BCUT2D eigenvalue weighted by molar-refractivity contribution is -0.129. The zero-order valence-corrected chi connectivity index (χ0v) is 18.0. The largest absolute Gasteiger partial charge is 0.326 e. The first-order chi connectivity index (χ1) is 13.8. The van der Waals surface area contributed by atoms with Crippen LogP contribution in [0.5, 0.6) is 0 Å². The van der Waals surface area contributed by atoms with Gasteiger partial charge in [0.05, 0.1) is 31.9 Å². The van der Waals surface area contributed by atoms with Gasteiger partial charge in [-0.1, -0.05) is 58.6 Å². The van der Waals surface area contributed by atoms with Crippen molar-refractivity contribution < 1.29 is 9.59 Å². The second-order valence-corrected chi connectivity index (χ2v) is 8.86. The maximum absolute atomic E-state index is 13.0. The fourth-order valence-corrected chi connectivity index (χ4v) is 4.73. The predicted molar refractivity (Wildman–Crippen MR) is 118 cm³/mol. The van der Waals surface area contributed by atoms with Crippen molar-refractivity contribution in [3.05, 3.63) is 68.6 Å². The van der Waals surface area contributed by atoms with Crippen molar-refractivity contribution in [3.8, 4) is 0 Å². The lowest BCUT2D eigenvalue weighted by atomic mass is 9.81. The highest BCUT2D eigenvalue weighted by Crippen LogP contribution is 2.49. The molecule has 4 rings (SSSR count). The van der Waals surface area contributed by atoms with Gasteiger partial charge in [-0.05, 0) is 54.7 Å². The van der Waals surface area contributed by atoms with E-state index >= 15 is 0 Å². The fraction of sp³-hybridized carbons (Fsp3) is 0.238. The number of rotatable bonds is 4. The van der Waals surface area contributed by atoms with E-state index < -0.39 is 11.8 Å². The molecule has 4 nitrogen and oxygen atoms in total. The summed E-state index contributed by atoms with van der Waals surface area (Å²) in [5.74, 6) is -1.33. The van der Waals surface area contributed by atoms with Gasteiger partial charge in [-0.15, -0.1) is 0 Å². The molecule has 0 spiro atoms. The SMILES string of the molecule is O=C(Nc1ccc(Cl)c(Cl)c1)[C@H]1[C@H](C(=O)Nc2ccc(Cl)c(Cl)c2)[C@H]2C=C[C@H]1C2. The first-order valence-electron chi connectivity index (χ1n) is 9.03. The Bertz CT molecular complexity index is 944. The minimum Gasteiger partial charge on any atom is -0.326 e. The number of fused-ring (bicyclic) bond motifs is 2. The molecule has 4 atom stereocenters. The Labute approximate surface area is 188 Å². The lowest BCUT2D eigenvalue weighted by Crippen LogP contribution is -2.39. The summed E-state index contributed by atoms with van der Waals surface area (Å²) in [4.78, 5) is 26.1. The summed E-state index contributed by atoms with van der Waals surface area (Å²) >= 11 is 23.9. The third-order valence-electron chi connectivity index (χ3n) is 5.44. The lowest BCUT2D eigenvalue weighted by Gasteiger charge is -2.26. The molecule has 2 N–H and O–H groups in total. The number of hydrogen-bond donors (Lipinski definition) is 2. The van der Waals surface area contributed by atoms with E-state index in [0.717, 1.165) is 6.42 Å².